The Balaban J connectivity index is 1.41. The Morgan fingerprint density at radius 3 is 1.43 bits per heavy atom. The molecule has 0 spiro atoms. The number of thiazole rings is 1. The predicted octanol–water partition coefficient (Wildman–Crippen LogP) is 13.1. The van der Waals surface area contributed by atoms with E-state index in [9.17, 15) is 0 Å². The van der Waals surface area contributed by atoms with Gasteiger partial charge in [0, 0.05) is 58.9 Å². The summed E-state index contributed by atoms with van der Waals surface area (Å²) in [5.41, 5.74) is 8.64. The van der Waals surface area contributed by atoms with Crippen molar-refractivity contribution in [2.45, 2.75) is 33.6 Å². The van der Waals surface area contributed by atoms with E-state index in [-0.39, 0.29) is 11.5 Å². The van der Waals surface area contributed by atoms with Crippen molar-refractivity contribution in [1.82, 2.24) is 4.98 Å². The lowest BCUT2D eigenvalue weighted by Gasteiger charge is -2.26. The molecule has 0 fully saturated rings. The summed E-state index contributed by atoms with van der Waals surface area (Å²) in [7, 11) is 0. The molecule has 0 aliphatic heterocycles. The summed E-state index contributed by atoms with van der Waals surface area (Å²) in [6.45, 7) is 10.6. The highest BCUT2D eigenvalue weighted by Gasteiger charge is 2.30. The Morgan fingerprint density at radius 2 is 0.963 bits per heavy atom. The fraction of sp³-hybridized carbons (Fsp3) is 0.170. The van der Waals surface area contributed by atoms with Gasteiger partial charge in [0.05, 0.1) is 11.3 Å². The largest absolute Gasteiger partial charge is 0.342 e. The van der Waals surface area contributed by atoms with Gasteiger partial charge in [-0.1, -0.05) is 96.3 Å². The monoisotopic (exact) mass is 734 g/mol. The Bertz CT molecular complexity index is 2180. The molecular formula is C47H44F2N4S. The highest BCUT2D eigenvalue weighted by Crippen LogP contribution is 2.47. The normalized spacial score (nSPS) is 11.2. The zero-order chi connectivity index (χ0) is 37.6. The van der Waals surface area contributed by atoms with Gasteiger partial charge in [0.15, 0.2) is 5.13 Å². The zero-order valence-corrected chi connectivity index (χ0v) is 31.9. The van der Waals surface area contributed by atoms with Crippen LogP contribution in [0.2, 0.25) is 0 Å². The van der Waals surface area contributed by atoms with Gasteiger partial charge >= 0.3 is 0 Å². The number of nitrogens with zero attached hydrogens (tertiary/aromatic N) is 4. The molecule has 1 heterocycles. The third-order valence-corrected chi connectivity index (χ3v) is 11.0. The van der Waals surface area contributed by atoms with Crippen molar-refractivity contribution in [2.75, 3.05) is 34.3 Å². The van der Waals surface area contributed by atoms with Gasteiger partial charge in [0.25, 0.3) is 0 Å². The van der Waals surface area contributed by atoms with Crippen LogP contribution in [0, 0.1) is 18.6 Å². The number of hydrogen-bond acceptors (Lipinski definition) is 5. The van der Waals surface area contributed by atoms with Crippen molar-refractivity contribution in [3.63, 3.8) is 0 Å². The topological polar surface area (TPSA) is 22.6 Å². The molecule has 0 bridgehead atoms. The van der Waals surface area contributed by atoms with Crippen molar-refractivity contribution in [1.29, 1.82) is 0 Å². The molecule has 7 rings (SSSR count). The number of anilines is 6. The van der Waals surface area contributed by atoms with Crippen molar-refractivity contribution in [3.8, 4) is 11.3 Å². The number of halogens is 2. The smallest absolute Gasteiger partial charge is 0.190 e. The highest BCUT2D eigenvalue weighted by atomic mass is 32.1. The van der Waals surface area contributed by atoms with Crippen LogP contribution in [0.1, 0.15) is 48.3 Å². The van der Waals surface area contributed by atoms with E-state index in [0.717, 1.165) is 63.1 Å². The van der Waals surface area contributed by atoms with E-state index in [2.05, 4.69) is 127 Å². The van der Waals surface area contributed by atoms with Gasteiger partial charge in [0.2, 0.25) is 0 Å². The van der Waals surface area contributed by atoms with Gasteiger partial charge in [-0.15, -0.1) is 0 Å². The van der Waals surface area contributed by atoms with Gasteiger partial charge in [-0.3, -0.25) is 0 Å². The summed E-state index contributed by atoms with van der Waals surface area (Å²) in [5.74, 6) is -1.65. The van der Waals surface area contributed by atoms with Crippen molar-refractivity contribution >= 4 is 44.9 Å². The first kappa shape index (κ1) is 36.6. The van der Waals surface area contributed by atoms with Crippen LogP contribution in [0.25, 0.3) is 11.3 Å². The summed E-state index contributed by atoms with van der Waals surface area (Å²) < 4.78 is 31.7. The van der Waals surface area contributed by atoms with Crippen LogP contribution in [0.3, 0.4) is 0 Å². The van der Waals surface area contributed by atoms with Crippen molar-refractivity contribution < 1.29 is 8.78 Å². The van der Waals surface area contributed by atoms with Crippen LogP contribution < -0.4 is 14.7 Å². The molecule has 272 valence electrons. The molecule has 0 amide bonds. The second-order valence-corrected chi connectivity index (χ2v) is 14.1. The summed E-state index contributed by atoms with van der Waals surface area (Å²) in [6.07, 6.45) is 0. The maximum Gasteiger partial charge on any atom is 0.190 e. The van der Waals surface area contributed by atoms with Crippen LogP contribution in [-0.2, 0) is 0 Å². The number of para-hydroxylation sites is 3. The first-order valence-corrected chi connectivity index (χ1v) is 19.4. The Hall–Kier alpha value is -5.79. The quantitative estimate of drug-likeness (QED) is 0.118. The number of rotatable bonds is 13. The Labute approximate surface area is 321 Å². The fourth-order valence-electron chi connectivity index (χ4n) is 7.24. The number of hydrogen-bond donors (Lipinski definition) is 0. The van der Waals surface area contributed by atoms with E-state index in [1.807, 2.05) is 48.5 Å². The van der Waals surface area contributed by atoms with E-state index >= 15 is 8.78 Å². The average molecular weight is 735 g/mol. The Kier molecular flexibility index (Phi) is 11.2. The molecule has 6 aromatic carbocycles. The third kappa shape index (κ3) is 7.37. The van der Waals surface area contributed by atoms with Gasteiger partial charge in [0.1, 0.15) is 11.6 Å². The molecule has 0 atom stereocenters. The molecule has 7 heteroatoms. The van der Waals surface area contributed by atoms with Crippen LogP contribution in [0.15, 0.2) is 152 Å². The standard InChI is InChI=1S/C47H44F2N4S/c1-5-51(36-18-10-8-11-19-36)38-29-25-34(26-30-38)43(35-27-31-39(32-28-35)52(6-2)37-20-12-9-13-21-37)46-45(44-40(48)22-16-23-41(44)49)50-47(54-46)53(7-3)42-24-15-14-17-33(42)4/h8-32,43H,5-7H2,1-4H3. The molecule has 0 unspecified atom stereocenters. The third-order valence-electron chi connectivity index (χ3n) is 9.90. The van der Waals surface area contributed by atoms with Crippen LogP contribution in [-0.4, -0.2) is 24.6 Å². The zero-order valence-electron chi connectivity index (χ0n) is 31.1. The molecule has 0 radical (unpaired) electrons. The summed E-state index contributed by atoms with van der Waals surface area (Å²) in [5, 5.41) is 0.681. The van der Waals surface area contributed by atoms with Gasteiger partial charge < -0.3 is 14.7 Å². The molecule has 54 heavy (non-hydrogen) atoms. The van der Waals surface area contributed by atoms with Crippen molar-refractivity contribution in [2.24, 2.45) is 0 Å². The summed E-state index contributed by atoms with van der Waals surface area (Å²) in [6, 6.07) is 50.0. The maximum atomic E-state index is 15.8. The summed E-state index contributed by atoms with van der Waals surface area (Å²) in [4.78, 5) is 12.5. The van der Waals surface area contributed by atoms with Crippen LogP contribution in [0.4, 0.5) is 42.3 Å². The highest BCUT2D eigenvalue weighted by molar-refractivity contribution is 7.16. The first-order chi connectivity index (χ1) is 26.4. The Morgan fingerprint density at radius 1 is 0.519 bits per heavy atom. The van der Waals surface area contributed by atoms with E-state index in [1.54, 1.807) is 0 Å². The van der Waals surface area contributed by atoms with E-state index in [4.69, 9.17) is 4.98 Å². The van der Waals surface area contributed by atoms with Gasteiger partial charge in [-0.2, -0.15) is 0 Å². The van der Waals surface area contributed by atoms with E-state index < -0.39 is 11.6 Å². The molecule has 0 aliphatic carbocycles. The molecular weight excluding hydrogens is 691 g/mol. The van der Waals surface area contributed by atoms with Gasteiger partial charge in [-0.25, -0.2) is 13.8 Å². The first-order valence-electron chi connectivity index (χ1n) is 18.5. The lowest BCUT2D eigenvalue weighted by Crippen LogP contribution is -2.16. The van der Waals surface area contributed by atoms with Crippen molar-refractivity contribution in [3.05, 3.63) is 185 Å². The second-order valence-electron chi connectivity index (χ2n) is 13.1. The summed E-state index contributed by atoms with van der Waals surface area (Å²) >= 11 is 1.49. The van der Waals surface area contributed by atoms with E-state index in [1.165, 1.54) is 29.5 Å². The molecule has 0 saturated heterocycles. The lowest BCUT2D eigenvalue weighted by molar-refractivity contribution is 0.588. The number of aromatic nitrogens is 1. The minimum atomic E-state index is -0.639. The van der Waals surface area contributed by atoms with Crippen LogP contribution >= 0.6 is 11.3 Å². The predicted molar refractivity (Wildman–Crippen MR) is 223 cm³/mol. The minimum absolute atomic E-state index is 0.114. The number of aryl methyl sites for hydroxylation is 1. The fourth-order valence-corrected chi connectivity index (χ4v) is 8.55. The molecule has 0 N–H and O–H groups in total. The SMILES string of the molecule is CCN(c1ccccc1)c1ccc(C(c2ccc(N(CC)c3ccccc3)cc2)c2sc(N(CC)c3ccccc3C)nc2-c2c(F)cccc2F)cc1. The van der Waals surface area contributed by atoms with E-state index in [0.29, 0.717) is 17.4 Å². The lowest BCUT2D eigenvalue weighted by atomic mass is 9.87. The molecule has 0 aliphatic rings. The number of benzene rings is 6. The molecule has 4 nitrogen and oxygen atoms in total. The maximum absolute atomic E-state index is 15.8. The molecule has 7 aromatic rings. The second kappa shape index (κ2) is 16.5. The van der Waals surface area contributed by atoms with Gasteiger partial charge in [-0.05, 0) is 111 Å². The minimum Gasteiger partial charge on any atom is -0.342 e. The average Bonchev–Trinajstić information content (AvgIpc) is 3.62. The molecule has 0 saturated carbocycles. The van der Waals surface area contributed by atoms with Crippen LogP contribution in [0.5, 0.6) is 0 Å². The molecule has 1 aromatic heterocycles.